The van der Waals surface area contributed by atoms with E-state index in [1.807, 2.05) is 31.0 Å². The highest BCUT2D eigenvalue weighted by Crippen LogP contribution is 2.20. The number of hydrogen-bond acceptors (Lipinski definition) is 3. The average Bonchev–Trinajstić information content (AvgIpc) is 2.26. The fourth-order valence-electron chi connectivity index (χ4n) is 1.47. The zero-order chi connectivity index (χ0) is 12.1. The van der Waals surface area contributed by atoms with Crippen molar-refractivity contribution in [2.24, 2.45) is 0 Å². The Hall–Kier alpha value is -1.71. The van der Waals surface area contributed by atoms with Gasteiger partial charge in [-0.2, -0.15) is 0 Å². The van der Waals surface area contributed by atoms with Crippen LogP contribution in [-0.4, -0.2) is 29.3 Å². The van der Waals surface area contributed by atoms with Crippen LogP contribution >= 0.6 is 0 Å². The molecule has 0 amide bonds. The number of benzene rings is 1. The molecule has 4 heteroatoms. The molecule has 0 bridgehead atoms. The standard InChI is InChI=1S/C12H17NO3/c1-9(3-8-12(15)16)13(2)10-4-6-11(14)7-5-10/h4-7,9,14H,3,8H2,1-2H3,(H,15,16). The van der Waals surface area contributed by atoms with Crippen LogP contribution in [0.5, 0.6) is 5.75 Å². The molecule has 0 saturated heterocycles. The van der Waals surface area contributed by atoms with Gasteiger partial charge in [0, 0.05) is 25.2 Å². The van der Waals surface area contributed by atoms with Crippen molar-refractivity contribution >= 4 is 11.7 Å². The SMILES string of the molecule is CC(CCC(=O)O)N(C)c1ccc(O)cc1. The predicted molar refractivity (Wildman–Crippen MR) is 62.8 cm³/mol. The first-order chi connectivity index (χ1) is 7.50. The highest BCUT2D eigenvalue weighted by Gasteiger charge is 2.11. The van der Waals surface area contributed by atoms with E-state index in [9.17, 15) is 4.79 Å². The van der Waals surface area contributed by atoms with Crippen LogP contribution in [0.3, 0.4) is 0 Å². The summed E-state index contributed by atoms with van der Waals surface area (Å²) in [7, 11) is 1.92. The molecule has 0 aliphatic heterocycles. The fraction of sp³-hybridized carbons (Fsp3) is 0.417. The maximum atomic E-state index is 10.5. The summed E-state index contributed by atoms with van der Waals surface area (Å²) < 4.78 is 0. The molecule has 88 valence electrons. The number of anilines is 1. The van der Waals surface area contributed by atoms with Gasteiger partial charge in [0.25, 0.3) is 0 Å². The molecule has 0 fully saturated rings. The minimum absolute atomic E-state index is 0.153. The lowest BCUT2D eigenvalue weighted by molar-refractivity contribution is -0.137. The van der Waals surface area contributed by atoms with Crippen molar-refractivity contribution in [3.05, 3.63) is 24.3 Å². The maximum Gasteiger partial charge on any atom is 0.303 e. The zero-order valence-electron chi connectivity index (χ0n) is 9.55. The van der Waals surface area contributed by atoms with Crippen molar-refractivity contribution in [3.8, 4) is 5.75 Å². The van der Waals surface area contributed by atoms with Crippen LogP contribution in [0, 0.1) is 0 Å². The van der Waals surface area contributed by atoms with Crippen LogP contribution in [0.1, 0.15) is 19.8 Å². The average molecular weight is 223 g/mol. The van der Waals surface area contributed by atoms with Gasteiger partial charge in [0.15, 0.2) is 0 Å². The smallest absolute Gasteiger partial charge is 0.303 e. The van der Waals surface area contributed by atoms with Gasteiger partial charge in [0.05, 0.1) is 0 Å². The van der Waals surface area contributed by atoms with Crippen LogP contribution in [0.4, 0.5) is 5.69 Å². The molecule has 4 nitrogen and oxygen atoms in total. The lowest BCUT2D eigenvalue weighted by Gasteiger charge is -2.26. The van der Waals surface area contributed by atoms with Crippen molar-refractivity contribution in [2.45, 2.75) is 25.8 Å². The van der Waals surface area contributed by atoms with Gasteiger partial charge in [0.1, 0.15) is 5.75 Å². The second-order valence-electron chi connectivity index (χ2n) is 3.91. The summed E-state index contributed by atoms with van der Waals surface area (Å²) in [5.41, 5.74) is 0.968. The van der Waals surface area contributed by atoms with E-state index in [1.165, 1.54) is 0 Å². The Bertz CT molecular complexity index is 348. The van der Waals surface area contributed by atoms with E-state index in [0.717, 1.165) is 5.69 Å². The Kier molecular flexibility index (Phi) is 4.17. The highest BCUT2D eigenvalue weighted by molar-refractivity contribution is 5.66. The number of rotatable bonds is 5. The lowest BCUT2D eigenvalue weighted by Crippen LogP contribution is -2.29. The molecule has 0 radical (unpaired) electrons. The van der Waals surface area contributed by atoms with Gasteiger partial charge in [0.2, 0.25) is 0 Å². The number of carboxylic acids is 1. The van der Waals surface area contributed by atoms with Crippen molar-refractivity contribution in [3.63, 3.8) is 0 Å². The van der Waals surface area contributed by atoms with Crippen molar-refractivity contribution in [2.75, 3.05) is 11.9 Å². The predicted octanol–water partition coefficient (Wildman–Crippen LogP) is 2.08. The lowest BCUT2D eigenvalue weighted by atomic mass is 10.1. The molecule has 1 aromatic carbocycles. The normalized spacial score (nSPS) is 12.1. The van der Waals surface area contributed by atoms with Gasteiger partial charge in [-0.15, -0.1) is 0 Å². The number of carboxylic acid groups (broad SMARTS) is 1. The number of nitrogens with zero attached hydrogens (tertiary/aromatic N) is 1. The van der Waals surface area contributed by atoms with Crippen molar-refractivity contribution in [1.82, 2.24) is 0 Å². The molecule has 1 rings (SSSR count). The molecule has 0 spiro atoms. The van der Waals surface area contributed by atoms with E-state index < -0.39 is 5.97 Å². The minimum Gasteiger partial charge on any atom is -0.508 e. The second-order valence-corrected chi connectivity index (χ2v) is 3.91. The van der Waals surface area contributed by atoms with Gasteiger partial charge in [-0.05, 0) is 37.6 Å². The first-order valence-corrected chi connectivity index (χ1v) is 5.24. The molecule has 0 heterocycles. The quantitative estimate of drug-likeness (QED) is 0.802. The van der Waals surface area contributed by atoms with Gasteiger partial charge >= 0.3 is 5.97 Å². The van der Waals surface area contributed by atoms with E-state index in [0.29, 0.717) is 6.42 Å². The number of aromatic hydroxyl groups is 1. The van der Waals surface area contributed by atoms with E-state index >= 15 is 0 Å². The van der Waals surface area contributed by atoms with Crippen molar-refractivity contribution in [1.29, 1.82) is 0 Å². The van der Waals surface area contributed by atoms with Crippen LogP contribution in [0.25, 0.3) is 0 Å². The number of phenols is 1. The summed E-state index contributed by atoms with van der Waals surface area (Å²) in [6.07, 6.45) is 0.774. The van der Waals surface area contributed by atoms with Crippen LogP contribution < -0.4 is 4.90 Å². The Morgan fingerprint density at radius 2 is 1.94 bits per heavy atom. The molecule has 1 atom stereocenters. The number of phenolic OH excluding ortho intramolecular Hbond substituents is 1. The van der Waals surface area contributed by atoms with Gasteiger partial charge < -0.3 is 15.1 Å². The largest absolute Gasteiger partial charge is 0.508 e. The highest BCUT2D eigenvalue weighted by atomic mass is 16.4. The summed E-state index contributed by atoms with van der Waals surface area (Å²) in [6.45, 7) is 1.98. The summed E-state index contributed by atoms with van der Waals surface area (Å²) in [5.74, 6) is -0.540. The summed E-state index contributed by atoms with van der Waals surface area (Å²) >= 11 is 0. The molecule has 0 aromatic heterocycles. The Balaban J connectivity index is 2.59. The third kappa shape index (κ3) is 3.46. The van der Waals surface area contributed by atoms with Crippen LogP contribution in [0.15, 0.2) is 24.3 Å². The molecule has 0 aliphatic carbocycles. The third-order valence-electron chi connectivity index (χ3n) is 2.69. The maximum absolute atomic E-state index is 10.5. The number of carbonyl (C=O) groups is 1. The zero-order valence-corrected chi connectivity index (χ0v) is 9.55. The molecule has 1 aromatic rings. The second kappa shape index (κ2) is 5.39. The van der Waals surface area contributed by atoms with Crippen LogP contribution in [-0.2, 0) is 4.79 Å². The topological polar surface area (TPSA) is 60.8 Å². The van der Waals surface area contributed by atoms with E-state index in [2.05, 4.69) is 0 Å². The Morgan fingerprint density at radius 1 is 1.38 bits per heavy atom. The van der Waals surface area contributed by atoms with Gasteiger partial charge in [-0.3, -0.25) is 4.79 Å². The van der Waals surface area contributed by atoms with Gasteiger partial charge in [-0.25, -0.2) is 0 Å². The minimum atomic E-state index is -0.772. The van der Waals surface area contributed by atoms with E-state index in [1.54, 1.807) is 12.1 Å². The third-order valence-corrected chi connectivity index (χ3v) is 2.69. The number of hydrogen-bond donors (Lipinski definition) is 2. The first kappa shape index (κ1) is 12.4. The van der Waals surface area contributed by atoms with Crippen molar-refractivity contribution < 1.29 is 15.0 Å². The Morgan fingerprint density at radius 3 is 2.44 bits per heavy atom. The summed E-state index contributed by atoms with van der Waals surface area (Å²) in [4.78, 5) is 12.5. The summed E-state index contributed by atoms with van der Waals surface area (Å²) in [6, 6.07) is 7.02. The van der Waals surface area contributed by atoms with Crippen LogP contribution in [0.2, 0.25) is 0 Å². The molecular weight excluding hydrogens is 206 g/mol. The van der Waals surface area contributed by atoms with Gasteiger partial charge in [-0.1, -0.05) is 0 Å². The Labute approximate surface area is 95.1 Å². The molecule has 16 heavy (non-hydrogen) atoms. The first-order valence-electron chi connectivity index (χ1n) is 5.24. The molecular formula is C12H17NO3. The monoisotopic (exact) mass is 223 g/mol. The fourth-order valence-corrected chi connectivity index (χ4v) is 1.47. The molecule has 0 saturated carbocycles. The van der Waals surface area contributed by atoms with E-state index in [4.69, 9.17) is 10.2 Å². The molecule has 1 unspecified atom stereocenters. The molecule has 0 aliphatic rings. The number of aliphatic carboxylic acids is 1. The molecule has 2 N–H and O–H groups in total. The van der Waals surface area contributed by atoms with E-state index in [-0.39, 0.29) is 18.2 Å². The summed E-state index contributed by atoms with van der Waals surface area (Å²) in [5, 5.41) is 17.8.